The Balaban J connectivity index is 4.33. The molecule has 0 aromatic heterocycles. The SMILES string of the molecule is CSC(C)=NOC(=O)N(C)SN(C)C(=O)ON=C(C)SC. The van der Waals surface area contributed by atoms with Crippen LogP contribution in [0.15, 0.2) is 10.3 Å². The summed E-state index contributed by atoms with van der Waals surface area (Å²) in [5, 5.41) is 8.42. The van der Waals surface area contributed by atoms with Crippen molar-refractivity contribution in [3.05, 3.63) is 0 Å². The van der Waals surface area contributed by atoms with E-state index < -0.39 is 12.2 Å². The highest BCUT2D eigenvalue weighted by Gasteiger charge is 2.19. The average Bonchev–Trinajstić information content (AvgIpc) is 2.48. The Kier molecular flexibility index (Phi) is 10.1. The number of carbonyl (C=O) groups excluding carboxylic acids is 2. The van der Waals surface area contributed by atoms with E-state index in [-0.39, 0.29) is 0 Å². The summed E-state index contributed by atoms with van der Waals surface area (Å²) in [4.78, 5) is 32.5. The first-order chi connectivity index (χ1) is 9.81. The van der Waals surface area contributed by atoms with Crippen LogP contribution in [-0.2, 0) is 9.68 Å². The molecule has 11 heteroatoms. The first-order valence-corrected chi connectivity index (χ1v) is 8.74. The Bertz CT molecular complexity index is 393. The zero-order valence-electron chi connectivity index (χ0n) is 12.6. The van der Waals surface area contributed by atoms with Crippen molar-refractivity contribution < 1.29 is 19.3 Å². The Labute approximate surface area is 136 Å². The lowest BCUT2D eigenvalue weighted by Gasteiger charge is -2.19. The standard InChI is InChI=1S/C10H18N4O4S3/c1-7(19-5)11-17-9(15)13(3)21-14(4)10(16)18-12-8(2)20-6/h1-6H3. The molecule has 0 radical (unpaired) electrons. The second-order valence-electron chi connectivity index (χ2n) is 3.42. The fraction of sp³-hybridized carbons (Fsp3) is 0.600. The third-order valence-corrected chi connectivity index (χ3v) is 3.97. The molecule has 120 valence electrons. The highest BCUT2D eigenvalue weighted by atomic mass is 32.2. The van der Waals surface area contributed by atoms with Gasteiger partial charge in [0.25, 0.3) is 0 Å². The van der Waals surface area contributed by atoms with E-state index in [1.165, 1.54) is 37.6 Å². The van der Waals surface area contributed by atoms with Crippen molar-refractivity contribution in [2.24, 2.45) is 10.3 Å². The van der Waals surface area contributed by atoms with Gasteiger partial charge in [-0.1, -0.05) is 10.3 Å². The number of rotatable bonds is 4. The lowest BCUT2D eigenvalue weighted by molar-refractivity contribution is 0.131. The maximum Gasteiger partial charge on any atom is 0.447 e. The minimum Gasteiger partial charge on any atom is -0.296 e. The summed E-state index contributed by atoms with van der Waals surface area (Å²) in [5.41, 5.74) is 0. The highest BCUT2D eigenvalue weighted by Crippen LogP contribution is 2.15. The molecule has 0 fully saturated rings. The summed E-state index contributed by atoms with van der Waals surface area (Å²) in [6.07, 6.45) is 2.20. The summed E-state index contributed by atoms with van der Waals surface area (Å²) < 4.78 is 2.20. The molecule has 8 nitrogen and oxygen atoms in total. The van der Waals surface area contributed by atoms with E-state index >= 15 is 0 Å². The van der Waals surface area contributed by atoms with Crippen molar-refractivity contribution in [2.45, 2.75) is 13.8 Å². The number of thioether (sulfide) groups is 2. The molecule has 2 amide bonds. The molecule has 0 aromatic rings. The van der Waals surface area contributed by atoms with Gasteiger partial charge in [-0.3, -0.25) is 9.68 Å². The second kappa shape index (κ2) is 10.6. The lowest BCUT2D eigenvalue weighted by atomic mass is 10.9. The van der Waals surface area contributed by atoms with Crippen LogP contribution < -0.4 is 0 Å². The van der Waals surface area contributed by atoms with Crippen LogP contribution in [0.4, 0.5) is 9.59 Å². The zero-order chi connectivity index (χ0) is 16.4. The number of hydrogen-bond donors (Lipinski definition) is 0. The molecule has 0 bridgehead atoms. The fourth-order valence-electron chi connectivity index (χ4n) is 0.647. The Morgan fingerprint density at radius 3 is 1.48 bits per heavy atom. The molecule has 0 aromatic carbocycles. The van der Waals surface area contributed by atoms with Crippen LogP contribution in [-0.4, -0.2) is 57.5 Å². The van der Waals surface area contributed by atoms with Gasteiger partial charge in [-0.05, 0) is 26.4 Å². The van der Waals surface area contributed by atoms with Crippen molar-refractivity contribution >= 4 is 57.9 Å². The third-order valence-electron chi connectivity index (χ3n) is 1.85. The summed E-state index contributed by atoms with van der Waals surface area (Å²) in [7, 11) is 2.88. The topological polar surface area (TPSA) is 83.8 Å². The molecule has 0 heterocycles. The van der Waals surface area contributed by atoms with Crippen LogP contribution in [0.5, 0.6) is 0 Å². The summed E-state index contributed by atoms with van der Waals surface area (Å²) in [5.74, 6) is 0. The van der Waals surface area contributed by atoms with Crippen LogP contribution in [0.2, 0.25) is 0 Å². The van der Waals surface area contributed by atoms with E-state index in [0.717, 1.165) is 20.7 Å². The molecule has 21 heavy (non-hydrogen) atoms. The predicted octanol–water partition coefficient (Wildman–Crippen LogP) is 3.08. The van der Waals surface area contributed by atoms with Gasteiger partial charge in [-0.2, -0.15) is 0 Å². The molecule has 0 spiro atoms. The number of oxime groups is 2. The molecule has 0 aliphatic carbocycles. The van der Waals surface area contributed by atoms with Crippen molar-refractivity contribution in [3.8, 4) is 0 Å². The molecular weight excluding hydrogens is 336 g/mol. The smallest absolute Gasteiger partial charge is 0.296 e. The second-order valence-corrected chi connectivity index (χ2v) is 6.68. The third kappa shape index (κ3) is 8.73. The quantitative estimate of drug-likeness (QED) is 0.252. The van der Waals surface area contributed by atoms with E-state index in [1.807, 2.05) is 12.5 Å². The van der Waals surface area contributed by atoms with E-state index in [1.54, 1.807) is 13.8 Å². The number of amides is 2. The van der Waals surface area contributed by atoms with Crippen molar-refractivity contribution in [2.75, 3.05) is 26.6 Å². The summed E-state index contributed by atoms with van der Waals surface area (Å²) in [6, 6.07) is 0. The Hall–Kier alpha value is -1.07. The minimum atomic E-state index is -0.711. The molecule has 0 saturated carbocycles. The first kappa shape index (κ1) is 19.9. The average molecular weight is 354 g/mol. The zero-order valence-corrected chi connectivity index (χ0v) is 15.1. The van der Waals surface area contributed by atoms with Gasteiger partial charge in [-0.15, -0.1) is 23.5 Å². The molecule has 0 unspecified atom stereocenters. The van der Waals surface area contributed by atoms with Gasteiger partial charge < -0.3 is 0 Å². The molecule has 0 rings (SSSR count). The van der Waals surface area contributed by atoms with E-state index in [4.69, 9.17) is 0 Å². The molecule has 0 aliphatic heterocycles. The van der Waals surface area contributed by atoms with Gasteiger partial charge in [0.05, 0.1) is 12.1 Å². The first-order valence-electron chi connectivity index (χ1n) is 5.56. The number of carbonyl (C=O) groups is 2. The van der Waals surface area contributed by atoms with Gasteiger partial charge in [0.15, 0.2) is 0 Å². The maximum absolute atomic E-state index is 11.6. The van der Waals surface area contributed by atoms with Gasteiger partial charge in [0.1, 0.15) is 10.1 Å². The number of hydrogen-bond acceptors (Lipinski definition) is 9. The predicted molar refractivity (Wildman–Crippen MR) is 89.3 cm³/mol. The summed E-state index contributed by atoms with van der Waals surface area (Å²) >= 11 is 3.51. The van der Waals surface area contributed by atoms with Crippen molar-refractivity contribution in [1.82, 2.24) is 8.61 Å². The Morgan fingerprint density at radius 2 is 1.19 bits per heavy atom. The van der Waals surface area contributed by atoms with Crippen LogP contribution in [0.1, 0.15) is 13.8 Å². The molecular formula is C10H18N4O4S3. The number of nitrogens with zero attached hydrogens (tertiary/aromatic N) is 4. The largest absolute Gasteiger partial charge is 0.447 e. The van der Waals surface area contributed by atoms with E-state index in [0.29, 0.717) is 10.1 Å². The van der Waals surface area contributed by atoms with Crippen molar-refractivity contribution in [3.63, 3.8) is 0 Å². The normalized spacial score (nSPS) is 11.9. The van der Waals surface area contributed by atoms with Gasteiger partial charge in [0, 0.05) is 14.1 Å². The van der Waals surface area contributed by atoms with Crippen LogP contribution in [0.25, 0.3) is 0 Å². The van der Waals surface area contributed by atoms with Gasteiger partial charge in [-0.25, -0.2) is 18.2 Å². The van der Waals surface area contributed by atoms with Crippen LogP contribution in [0.3, 0.4) is 0 Å². The van der Waals surface area contributed by atoms with Crippen LogP contribution in [0, 0.1) is 0 Å². The molecule has 0 aliphatic rings. The maximum atomic E-state index is 11.6. The molecule has 0 N–H and O–H groups in total. The molecule has 0 atom stereocenters. The van der Waals surface area contributed by atoms with Crippen molar-refractivity contribution in [1.29, 1.82) is 0 Å². The monoisotopic (exact) mass is 354 g/mol. The Morgan fingerprint density at radius 1 is 0.857 bits per heavy atom. The van der Waals surface area contributed by atoms with Gasteiger partial charge >= 0.3 is 12.2 Å². The van der Waals surface area contributed by atoms with Gasteiger partial charge in [0.2, 0.25) is 0 Å². The van der Waals surface area contributed by atoms with E-state index in [9.17, 15) is 9.59 Å². The minimum absolute atomic E-state index is 0.608. The van der Waals surface area contributed by atoms with E-state index in [2.05, 4.69) is 20.0 Å². The molecule has 0 saturated heterocycles. The fourth-order valence-corrected chi connectivity index (χ4v) is 1.44. The highest BCUT2D eigenvalue weighted by molar-refractivity contribution is 8.13. The lowest BCUT2D eigenvalue weighted by Crippen LogP contribution is -2.28. The summed E-state index contributed by atoms with van der Waals surface area (Å²) in [6.45, 7) is 3.42. The van der Waals surface area contributed by atoms with Crippen LogP contribution >= 0.6 is 35.7 Å².